The minimum atomic E-state index is 0.103. The first-order valence-corrected chi connectivity index (χ1v) is 40.4. The van der Waals surface area contributed by atoms with Gasteiger partial charge in [-0.3, -0.25) is 39.2 Å². The smallest absolute Gasteiger partial charge is 0.273 e. The summed E-state index contributed by atoms with van der Waals surface area (Å²) in [6.07, 6.45) is 6.62. The van der Waals surface area contributed by atoms with Crippen LogP contribution in [-0.2, 0) is 37.9 Å². The van der Waals surface area contributed by atoms with Crippen LogP contribution < -0.4 is 63.2 Å². The molecule has 8 fully saturated rings. The number of hydrogen-bond donors (Lipinski definition) is 9. The van der Waals surface area contributed by atoms with Crippen molar-refractivity contribution in [1.29, 1.82) is 0 Å². The molecule has 0 unspecified atom stereocenters. The van der Waals surface area contributed by atoms with Gasteiger partial charge in [-0.25, -0.2) is 10.4 Å². The Morgan fingerprint density at radius 2 is 0.404 bits per heavy atom. The minimum Gasteiger partial charge on any atom is -0.379 e. The van der Waals surface area contributed by atoms with E-state index in [0.29, 0.717) is 153 Å². The molecule has 0 radical (unpaired) electrons. The lowest BCUT2D eigenvalue weighted by molar-refractivity contribution is 0.0377. The van der Waals surface area contributed by atoms with Crippen LogP contribution in [0, 0.1) is 0 Å². The SMILES string of the molecule is CN(c1nc(NCCCN2CCOCC2)nc(NCCCN2CCOCC2)n1)N(c1nc(NCCCN2CCOCC2)nc(NCCCN2CCOCC2)n1)N(Nc1nc(NCCCN2CCOCC2)nc(NCCCN2CCOCC2)n1)c1nc(NCCCN2CCOCC2)nc(NCCCN2CCOCC2)n1. The molecule has 0 amide bonds. The summed E-state index contributed by atoms with van der Waals surface area (Å²) in [5, 5.41) is 33.9. The molecule has 109 heavy (non-hydrogen) atoms. The van der Waals surface area contributed by atoms with Gasteiger partial charge in [-0.1, -0.05) is 0 Å². The van der Waals surface area contributed by atoms with Gasteiger partial charge in [0.15, 0.2) is 0 Å². The third kappa shape index (κ3) is 28.9. The zero-order valence-corrected chi connectivity index (χ0v) is 64.6. The van der Waals surface area contributed by atoms with Crippen LogP contribution in [0.15, 0.2) is 0 Å². The molecule has 40 heteroatoms. The summed E-state index contributed by atoms with van der Waals surface area (Å²) >= 11 is 0. The van der Waals surface area contributed by atoms with Gasteiger partial charge in [0.05, 0.1) is 106 Å². The number of anilines is 12. The Balaban J connectivity index is 0.958. The molecule has 8 saturated heterocycles. The quantitative estimate of drug-likeness (QED) is 0.0204. The van der Waals surface area contributed by atoms with Crippen LogP contribution in [0.3, 0.4) is 0 Å². The zero-order valence-electron chi connectivity index (χ0n) is 64.6. The van der Waals surface area contributed by atoms with Crippen molar-refractivity contribution in [2.45, 2.75) is 51.4 Å². The normalized spacial score (nSPS) is 19.5. The van der Waals surface area contributed by atoms with Crippen LogP contribution >= 0.6 is 0 Å². The number of nitrogens with zero attached hydrogens (tertiary/aromatic N) is 23. The Hall–Kier alpha value is -7.00. The van der Waals surface area contributed by atoms with Gasteiger partial charge in [-0.15, -0.1) is 10.2 Å². The molecule has 0 aromatic carbocycles. The van der Waals surface area contributed by atoms with Crippen molar-refractivity contribution in [3.63, 3.8) is 0 Å². The molecule has 12 heterocycles. The maximum Gasteiger partial charge on any atom is 0.273 e. The van der Waals surface area contributed by atoms with E-state index in [1.165, 1.54) is 0 Å². The number of hydrogen-bond acceptors (Lipinski definition) is 40. The van der Waals surface area contributed by atoms with E-state index in [-0.39, 0.29) is 23.8 Å². The lowest BCUT2D eigenvalue weighted by atomic mass is 10.3. The highest BCUT2D eigenvalue weighted by Crippen LogP contribution is 2.28. The lowest BCUT2D eigenvalue weighted by Gasteiger charge is -2.39. The molecule has 0 bridgehead atoms. The molecule has 0 aliphatic carbocycles. The van der Waals surface area contributed by atoms with E-state index in [0.717, 1.165) is 261 Å². The minimum absolute atomic E-state index is 0.103. The Bertz CT molecular complexity index is 2980. The Morgan fingerprint density at radius 1 is 0.229 bits per heavy atom. The molecule has 4 aromatic rings. The van der Waals surface area contributed by atoms with E-state index in [1.807, 2.05) is 7.05 Å². The van der Waals surface area contributed by atoms with Crippen molar-refractivity contribution in [1.82, 2.24) is 99.0 Å². The molecule has 4 aromatic heterocycles. The van der Waals surface area contributed by atoms with Crippen molar-refractivity contribution in [3.05, 3.63) is 0 Å². The average Bonchev–Trinajstić information content (AvgIpc) is 0.765. The predicted octanol–water partition coefficient (Wildman–Crippen LogP) is -0.193. The summed E-state index contributed by atoms with van der Waals surface area (Å²) in [6.45, 7) is 37.2. The second-order valence-electron chi connectivity index (χ2n) is 28.3. The summed E-state index contributed by atoms with van der Waals surface area (Å²) in [5.74, 6) is 3.33. The first kappa shape index (κ1) is 81.5. The molecule has 0 spiro atoms. The fraction of sp³-hybridized carbons (Fsp3) is 0.826. The number of morpholine rings is 8. The Morgan fingerprint density at radius 3 is 0.615 bits per heavy atom. The van der Waals surface area contributed by atoms with E-state index in [4.69, 9.17) is 97.7 Å². The first-order valence-electron chi connectivity index (χ1n) is 40.4. The van der Waals surface area contributed by atoms with Gasteiger partial charge >= 0.3 is 0 Å². The molecule has 608 valence electrons. The molecule has 0 saturated carbocycles. The van der Waals surface area contributed by atoms with Crippen molar-refractivity contribution in [2.75, 3.05) is 385 Å². The first-order chi connectivity index (χ1) is 53.9. The van der Waals surface area contributed by atoms with Gasteiger partial charge in [0, 0.05) is 164 Å². The number of nitrogens with one attached hydrogen (secondary N) is 9. The average molecular weight is 1530 g/mol. The van der Waals surface area contributed by atoms with E-state index in [2.05, 4.69) is 87.2 Å². The largest absolute Gasteiger partial charge is 0.379 e. The monoisotopic (exact) mass is 1530 g/mol. The number of rotatable bonds is 47. The highest BCUT2D eigenvalue weighted by atomic mass is 16.5. The van der Waals surface area contributed by atoms with Gasteiger partial charge in [-0.2, -0.15) is 59.8 Å². The van der Waals surface area contributed by atoms with Crippen molar-refractivity contribution >= 4 is 71.4 Å². The fourth-order valence-corrected chi connectivity index (χ4v) is 13.8. The van der Waals surface area contributed by atoms with Gasteiger partial charge < -0.3 is 80.4 Å². The van der Waals surface area contributed by atoms with Crippen LogP contribution in [0.25, 0.3) is 0 Å². The fourth-order valence-electron chi connectivity index (χ4n) is 13.8. The number of ether oxygens (including phenoxy) is 8. The standard InChI is InChI=1S/C69H124N32O8/c1-91(67-84-60(72-12-4-20-94-30-46-104-47-31-94)79-61(85-67)73-13-5-21-95-32-48-105-49-33-95)101(69-88-64(76-16-8-24-98-38-54-108-55-39-98)81-65(89-69)77-17-9-25-99-40-56-109-57-41-99)100(68-86-62(74-14-6-22-96-34-50-106-51-35-96)80-63(87-68)75-15-7-23-97-36-52-107-53-37-97)90-66-82-58(70-10-2-18-92-26-42-102-43-27-92)78-59(83-66)71-11-3-19-93-28-44-103-45-29-93/h2-57H2,1H3,(H2,72,73,79,84,85)(H2,74,75,80,86,87)(H2,76,77,81,88,89)(H3,70,71,78,82,83,90). The lowest BCUT2D eigenvalue weighted by Crippen LogP contribution is -2.58. The van der Waals surface area contributed by atoms with Crippen LogP contribution in [-0.4, -0.2) is 421 Å². The van der Waals surface area contributed by atoms with Crippen LogP contribution in [0.5, 0.6) is 0 Å². The highest BCUT2D eigenvalue weighted by molar-refractivity contribution is 5.61. The Labute approximate surface area is 642 Å². The van der Waals surface area contributed by atoms with Gasteiger partial charge in [-0.05, 0) is 104 Å². The molecule has 8 aliphatic rings. The number of aromatic nitrogens is 12. The van der Waals surface area contributed by atoms with Crippen molar-refractivity contribution in [2.24, 2.45) is 0 Å². The highest BCUT2D eigenvalue weighted by Gasteiger charge is 2.34. The third-order valence-corrected chi connectivity index (χ3v) is 20.1. The molecule has 40 nitrogen and oxygen atoms in total. The molecular weight excluding hydrogens is 1400 g/mol. The van der Waals surface area contributed by atoms with Crippen LogP contribution in [0.4, 0.5) is 71.4 Å². The maximum absolute atomic E-state index is 5.72. The summed E-state index contributed by atoms with van der Waals surface area (Å²) < 4.78 is 45.7. The molecule has 0 atom stereocenters. The van der Waals surface area contributed by atoms with Crippen molar-refractivity contribution in [3.8, 4) is 0 Å². The zero-order chi connectivity index (χ0) is 74.4. The summed E-state index contributed by atoms with van der Waals surface area (Å²) in [6, 6.07) is 0. The van der Waals surface area contributed by atoms with E-state index in [1.54, 1.807) is 15.2 Å². The second kappa shape index (κ2) is 46.7. The summed E-state index contributed by atoms with van der Waals surface area (Å²) in [5.41, 5.74) is 3.66. The van der Waals surface area contributed by atoms with Crippen molar-refractivity contribution < 1.29 is 37.9 Å². The van der Waals surface area contributed by atoms with E-state index >= 15 is 0 Å². The van der Waals surface area contributed by atoms with Crippen LogP contribution in [0.2, 0.25) is 0 Å². The maximum atomic E-state index is 5.72. The molecule has 12 rings (SSSR count). The van der Waals surface area contributed by atoms with Gasteiger partial charge in [0.2, 0.25) is 53.5 Å². The molecule has 8 aliphatic heterocycles. The summed E-state index contributed by atoms with van der Waals surface area (Å²) in [7, 11) is 1.86. The summed E-state index contributed by atoms with van der Waals surface area (Å²) in [4.78, 5) is 82.2. The van der Waals surface area contributed by atoms with Gasteiger partial charge in [0.25, 0.3) is 17.8 Å². The second-order valence-corrected chi connectivity index (χ2v) is 28.3. The molecular formula is C69H124N32O8. The topological polar surface area (TPSA) is 372 Å². The Kier molecular flexibility index (Phi) is 34.9. The number of hydrazine groups is 3. The van der Waals surface area contributed by atoms with E-state index in [9.17, 15) is 0 Å². The van der Waals surface area contributed by atoms with Crippen LogP contribution in [0.1, 0.15) is 51.4 Å². The molecule has 9 N–H and O–H groups in total. The van der Waals surface area contributed by atoms with Gasteiger partial charge in [0.1, 0.15) is 0 Å². The predicted molar refractivity (Wildman–Crippen MR) is 419 cm³/mol. The van der Waals surface area contributed by atoms with E-state index < -0.39 is 0 Å². The third-order valence-electron chi connectivity index (χ3n) is 20.1.